The van der Waals surface area contributed by atoms with Crippen LogP contribution in [-0.2, 0) is 0 Å². The van der Waals surface area contributed by atoms with Crippen LogP contribution < -0.4 is 4.74 Å². The number of aliphatic hydroxyl groups excluding tert-OH is 1. The van der Waals surface area contributed by atoms with E-state index in [9.17, 15) is 9.50 Å². The third-order valence-electron chi connectivity index (χ3n) is 3.04. The number of aryl methyl sites for hydroxylation is 1. The van der Waals surface area contributed by atoms with Crippen molar-refractivity contribution in [3.05, 3.63) is 63.4 Å². The minimum Gasteiger partial charge on any atom is -0.497 e. The fourth-order valence-corrected chi connectivity index (χ4v) is 2.50. The van der Waals surface area contributed by atoms with Crippen LogP contribution in [0.1, 0.15) is 22.8 Å². The van der Waals surface area contributed by atoms with Gasteiger partial charge >= 0.3 is 0 Å². The van der Waals surface area contributed by atoms with E-state index < -0.39 is 6.10 Å². The van der Waals surface area contributed by atoms with Gasteiger partial charge in [-0.1, -0.05) is 28.1 Å². The second-order valence-electron chi connectivity index (χ2n) is 4.29. The highest BCUT2D eigenvalue weighted by Crippen LogP contribution is 2.32. The highest BCUT2D eigenvalue weighted by atomic mass is 79.9. The normalized spacial score (nSPS) is 12.3. The molecule has 2 rings (SSSR count). The number of ether oxygens (including phenoxy) is 1. The topological polar surface area (TPSA) is 29.5 Å². The van der Waals surface area contributed by atoms with E-state index in [1.165, 1.54) is 12.1 Å². The number of hydrogen-bond acceptors (Lipinski definition) is 2. The van der Waals surface area contributed by atoms with Crippen LogP contribution in [0, 0.1) is 12.7 Å². The van der Waals surface area contributed by atoms with Crippen LogP contribution in [0.3, 0.4) is 0 Å². The summed E-state index contributed by atoms with van der Waals surface area (Å²) >= 11 is 3.40. The van der Waals surface area contributed by atoms with Crippen LogP contribution >= 0.6 is 15.9 Å². The van der Waals surface area contributed by atoms with Crippen LogP contribution in [0.4, 0.5) is 4.39 Å². The second-order valence-corrected chi connectivity index (χ2v) is 5.15. The first-order chi connectivity index (χ1) is 9.02. The summed E-state index contributed by atoms with van der Waals surface area (Å²) in [5, 5.41) is 10.4. The number of benzene rings is 2. The van der Waals surface area contributed by atoms with Crippen molar-refractivity contribution >= 4 is 15.9 Å². The third kappa shape index (κ3) is 2.96. The largest absolute Gasteiger partial charge is 0.497 e. The third-order valence-corrected chi connectivity index (χ3v) is 3.72. The van der Waals surface area contributed by atoms with Crippen molar-refractivity contribution in [3.63, 3.8) is 0 Å². The zero-order chi connectivity index (χ0) is 14.0. The Balaban J connectivity index is 2.43. The molecule has 4 heteroatoms. The van der Waals surface area contributed by atoms with Crippen LogP contribution in [0.5, 0.6) is 5.75 Å². The lowest BCUT2D eigenvalue weighted by Crippen LogP contribution is -2.03. The fraction of sp³-hybridized carbons (Fsp3) is 0.200. The molecule has 0 saturated carbocycles. The van der Waals surface area contributed by atoms with Gasteiger partial charge in [0.15, 0.2) is 0 Å². The molecule has 2 nitrogen and oxygen atoms in total. The highest BCUT2D eigenvalue weighted by molar-refractivity contribution is 9.10. The first-order valence-corrected chi connectivity index (χ1v) is 6.59. The van der Waals surface area contributed by atoms with Gasteiger partial charge in [0, 0.05) is 4.47 Å². The van der Waals surface area contributed by atoms with E-state index in [1.807, 2.05) is 6.92 Å². The second kappa shape index (κ2) is 5.72. The maximum atomic E-state index is 13.3. The summed E-state index contributed by atoms with van der Waals surface area (Å²) in [4.78, 5) is 0. The molecule has 0 fully saturated rings. The molecule has 0 aliphatic carbocycles. The number of halogens is 2. The summed E-state index contributed by atoms with van der Waals surface area (Å²) in [7, 11) is 1.58. The predicted molar refractivity (Wildman–Crippen MR) is 75.9 cm³/mol. The summed E-state index contributed by atoms with van der Waals surface area (Å²) < 4.78 is 19.1. The van der Waals surface area contributed by atoms with Crippen LogP contribution in [-0.4, -0.2) is 12.2 Å². The Hall–Kier alpha value is -1.39. The van der Waals surface area contributed by atoms with Crippen molar-refractivity contribution in [2.24, 2.45) is 0 Å². The molecule has 1 unspecified atom stereocenters. The maximum Gasteiger partial charge on any atom is 0.123 e. The SMILES string of the molecule is COc1ccc(C(O)c2cc(F)ccc2C)c(Br)c1. The van der Waals surface area contributed by atoms with Crippen molar-refractivity contribution in [1.82, 2.24) is 0 Å². The number of rotatable bonds is 3. The molecule has 0 spiro atoms. The van der Waals surface area contributed by atoms with Gasteiger partial charge in [-0.3, -0.25) is 0 Å². The molecule has 0 bridgehead atoms. The van der Waals surface area contributed by atoms with E-state index in [2.05, 4.69) is 15.9 Å². The van der Waals surface area contributed by atoms with E-state index in [4.69, 9.17) is 4.74 Å². The van der Waals surface area contributed by atoms with Gasteiger partial charge in [0.2, 0.25) is 0 Å². The Bertz CT molecular complexity index is 599. The fourth-order valence-electron chi connectivity index (χ4n) is 1.93. The Morgan fingerprint density at radius 3 is 2.53 bits per heavy atom. The first kappa shape index (κ1) is 14.0. The number of aliphatic hydroxyl groups is 1. The van der Waals surface area contributed by atoms with Gasteiger partial charge in [0.1, 0.15) is 17.7 Å². The van der Waals surface area contributed by atoms with Crippen molar-refractivity contribution in [1.29, 1.82) is 0 Å². The van der Waals surface area contributed by atoms with E-state index in [-0.39, 0.29) is 5.82 Å². The first-order valence-electron chi connectivity index (χ1n) is 5.80. The monoisotopic (exact) mass is 324 g/mol. The molecule has 0 amide bonds. The molecule has 0 radical (unpaired) electrons. The van der Waals surface area contributed by atoms with Crippen LogP contribution in [0.25, 0.3) is 0 Å². The predicted octanol–water partition coefficient (Wildman–Crippen LogP) is 3.99. The maximum absolute atomic E-state index is 13.3. The summed E-state index contributed by atoms with van der Waals surface area (Å²) in [5.41, 5.74) is 2.08. The zero-order valence-corrected chi connectivity index (χ0v) is 12.2. The quantitative estimate of drug-likeness (QED) is 0.925. The van der Waals surface area contributed by atoms with Gasteiger partial charge in [-0.2, -0.15) is 0 Å². The number of hydrogen-bond donors (Lipinski definition) is 1. The van der Waals surface area contributed by atoms with Crippen molar-refractivity contribution in [3.8, 4) is 5.75 Å². The Kier molecular flexibility index (Phi) is 4.22. The molecule has 0 heterocycles. The lowest BCUT2D eigenvalue weighted by atomic mass is 9.97. The van der Waals surface area contributed by atoms with Gasteiger partial charge in [0.05, 0.1) is 7.11 Å². The van der Waals surface area contributed by atoms with Gasteiger partial charge in [-0.15, -0.1) is 0 Å². The molecular formula is C15H14BrFO2. The lowest BCUT2D eigenvalue weighted by Gasteiger charge is -2.16. The highest BCUT2D eigenvalue weighted by Gasteiger charge is 2.16. The smallest absolute Gasteiger partial charge is 0.123 e. The summed E-state index contributed by atoms with van der Waals surface area (Å²) in [6, 6.07) is 9.69. The lowest BCUT2D eigenvalue weighted by molar-refractivity contribution is 0.218. The Morgan fingerprint density at radius 2 is 1.89 bits per heavy atom. The van der Waals surface area contributed by atoms with Gasteiger partial charge in [-0.05, 0) is 47.9 Å². The molecule has 2 aromatic rings. The van der Waals surface area contributed by atoms with E-state index in [0.717, 1.165) is 10.0 Å². The molecule has 0 aliphatic rings. The molecule has 1 N–H and O–H groups in total. The average molecular weight is 325 g/mol. The molecule has 0 saturated heterocycles. The van der Waals surface area contributed by atoms with E-state index in [0.29, 0.717) is 16.9 Å². The molecule has 0 aromatic heterocycles. The van der Waals surface area contributed by atoms with Crippen molar-refractivity contribution < 1.29 is 14.2 Å². The molecule has 2 aromatic carbocycles. The number of methoxy groups -OCH3 is 1. The zero-order valence-electron chi connectivity index (χ0n) is 10.7. The van der Waals surface area contributed by atoms with Gasteiger partial charge in [-0.25, -0.2) is 4.39 Å². The van der Waals surface area contributed by atoms with Crippen LogP contribution in [0.2, 0.25) is 0 Å². The van der Waals surface area contributed by atoms with Crippen molar-refractivity contribution in [2.75, 3.05) is 7.11 Å². The molecule has 19 heavy (non-hydrogen) atoms. The molecular weight excluding hydrogens is 311 g/mol. The van der Waals surface area contributed by atoms with Crippen LogP contribution in [0.15, 0.2) is 40.9 Å². The molecule has 100 valence electrons. The van der Waals surface area contributed by atoms with Gasteiger partial charge < -0.3 is 9.84 Å². The van der Waals surface area contributed by atoms with E-state index >= 15 is 0 Å². The summed E-state index contributed by atoms with van der Waals surface area (Å²) in [6.45, 7) is 1.84. The summed E-state index contributed by atoms with van der Waals surface area (Å²) in [5.74, 6) is 0.336. The van der Waals surface area contributed by atoms with Crippen molar-refractivity contribution in [2.45, 2.75) is 13.0 Å². The van der Waals surface area contributed by atoms with E-state index in [1.54, 1.807) is 31.4 Å². The average Bonchev–Trinajstić information content (AvgIpc) is 2.40. The molecule has 0 aliphatic heterocycles. The Morgan fingerprint density at radius 1 is 1.16 bits per heavy atom. The molecule has 1 atom stereocenters. The minimum absolute atomic E-state index is 0.357. The van der Waals surface area contributed by atoms with Gasteiger partial charge in [0.25, 0.3) is 0 Å². The standard InChI is InChI=1S/C15H14BrFO2/c1-9-3-4-10(17)7-13(9)15(18)12-6-5-11(19-2)8-14(12)16/h3-8,15,18H,1-2H3. The summed E-state index contributed by atoms with van der Waals surface area (Å²) in [6.07, 6.45) is -0.879. The minimum atomic E-state index is -0.879. The Labute approximate surface area is 120 Å².